The molecule has 0 spiro atoms. The van der Waals surface area contributed by atoms with Gasteiger partial charge in [0.05, 0.1) is 6.54 Å². The Balaban J connectivity index is 2.43. The Hall–Kier alpha value is -1.95. The van der Waals surface area contributed by atoms with Crippen molar-refractivity contribution in [2.24, 2.45) is 0 Å². The molecule has 1 heterocycles. The van der Waals surface area contributed by atoms with Gasteiger partial charge < -0.3 is 15.0 Å². The van der Waals surface area contributed by atoms with Gasteiger partial charge in [-0.2, -0.15) is 0 Å². The summed E-state index contributed by atoms with van der Waals surface area (Å²) in [6.45, 7) is 3.08. The minimum Gasteiger partial charge on any atom is -0.385 e. The van der Waals surface area contributed by atoms with E-state index in [2.05, 4.69) is 10.3 Å². The van der Waals surface area contributed by atoms with Crippen molar-refractivity contribution in [1.29, 1.82) is 0 Å². The maximum absolute atomic E-state index is 11.8. The topological polar surface area (TPSA) is 71.5 Å². The zero-order valence-electron chi connectivity index (χ0n) is 12.0. The first kappa shape index (κ1) is 16.1. The van der Waals surface area contributed by atoms with Crippen LogP contribution in [0.4, 0.5) is 0 Å². The summed E-state index contributed by atoms with van der Waals surface area (Å²) in [4.78, 5) is 28.7. The standard InChI is InChI=1S/C14H21N3O3/c1-12(18)17(10-13-4-7-15-8-5-13)11-14(19)16-6-3-9-20-2/h4-5,7-8H,3,6,9-11H2,1-2H3,(H,16,19). The number of methoxy groups -OCH3 is 1. The molecule has 1 aromatic heterocycles. The van der Waals surface area contributed by atoms with Gasteiger partial charge in [0.15, 0.2) is 0 Å². The van der Waals surface area contributed by atoms with Gasteiger partial charge in [-0.25, -0.2) is 0 Å². The van der Waals surface area contributed by atoms with Gasteiger partial charge in [0.1, 0.15) is 0 Å². The second kappa shape index (κ2) is 9.03. The molecule has 0 unspecified atom stereocenters. The van der Waals surface area contributed by atoms with Crippen LogP contribution in [0.25, 0.3) is 0 Å². The Morgan fingerprint density at radius 2 is 2.05 bits per heavy atom. The number of carbonyl (C=O) groups is 2. The minimum absolute atomic E-state index is 0.0602. The highest BCUT2D eigenvalue weighted by Crippen LogP contribution is 2.03. The smallest absolute Gasteiger partial charge is 0.239 e. The van der Waals surface area contributed by atoms with Crippen molar-refractivity contribution in [3.8, 4) is 0 Å². The van der Waals surface area contributed by atoms with Crippen molar-refractivity contribution in [3.05, 3.63) is 30.1 Å². The van der Waals surface area contributed by atoms with E-state index >= 15 is 0 Å². The first-order valence-corrected chi connectivity index (χ1v) is 6.53. The molecule has 1 N–H and O–H groups in total. The van der Waals surface area contributed by atoms with Crippen LogP contribution in [0, 0.1) is 0 Å². The number of nitrogens with one attached hydrogen (secondary N) is 1. The van der Waals surface area contributed by atoms with E-state index in [1.54, 1.807) is 19.5 Å². The van der Waals surface area contributed by atoms with Gasteiger partial charge in [-0.15, -0.1) is 0 Å². The van der Waals surface area contributed by atoms with Crippen molar-refractivity contribution < 1.29 is 14.3 Å². The number of ether oxygens (including phenoxy) is 1. The largest absolute Gasteiger partial charge is 0.385 e. The normalized spacial score (nSPS) is 10.1. The van der Waals surface area contributed by atoms with Crippen molar-refractivity contribution in [3.63, 3.8) is 0 Å². The average Bonchev–Trinajstić information content (AvgIpc) is 2.44. The lowest BCUT2D eigenvalue weighted by molar-refractivity contribution is -0.134. The van der Waals surface area contributed by atoms with E-state index in [1.165, 1.54) is 11.8 Å². The predicted molar refractivity (Wildman–Crippen MR) is 74.8 cm³/mol. The number of carbonyl (C=O) groups excluding carboxylic acids is 2. The molecule has 0 aliphatic heterocycles. The Kier molecular flexibility index (Phi) is 7.27. The molecule has 6 heteroatoms. The van der Waals surface area contributed by atoms with Gasteiger partial charge in [0.2, 0.25) is 11.8 Å². The maximum Gasteiger partial charge on any atom is 0.239 e. The molecular weight excluding hydrogens is 258 g/mol. The lowest BCUT2D eigenvalue weighted by Gasteiger charge is -2.20. The molecule has 1 aromatic rings. The molecule has 0 saturated heterocycles. The summed E-state index contributed by atoms with van der Waals surface area (Å²) < 4.78 is 4.90. The number of aromatic nitrogens is 1. The molecule has 1 rings (SSSR count). The van der Waals surface area contributed by atoms with Gasteiger partial charge in [-0.1, -0.05) is 0 Å². The number of amides is 2. The molecule has 0 aliphatic carbocycles. The van der Waals surface area contributed by atoms with Crippen molar-refractivity contribution in [2.45, 2.75) is 19.9 Å². The van der Waals surface area contributed by atoms with Crippen molar-refractivity contribution in [2.75, 3.05) is 26.8 Å². The maximum atomic E-state index is 11.8. The van der Waals surface area contributed by atoms with E-state index in [0.717, 1.165) is 12.0 Å². The Morgan fingerprint density at radius 1 is 1.35 bits per heavy atom. The number of hydrogen-bond donors (Lipinski definition) is 1. The molecule has 6 nitrogen and oxygen atoms in total. The van der Waals surface area contributed by atoms with Gasteiger partial charge in [0, 0.05) is 46.1 Å². The molecule has 2 amide bonds. The summed E-state index contributed by atoms with van der Waals surface area (Å²) in [6.07, 6.45) is 4.09. The molecular formula is C14H21N3O3. The van der Waals surface area contributed by atoms with Crippen molar-refractivity contribution in [1.82, 2.24) is 15.2 Å². The van der Waals surface area contributed by atoms with E-state index in [-0.39, 0.29) is 18.4 Å². The second-order valence-corrected chi connectivity index (χ2v) is 4.43. The van der Waals surface area contributed by atoms with E-state index in [1.807, 2.05) is 12.1 Å². The Morgan fingerprint density at radius 3 is 2.65 bits per heavy atom. The summed E-state index contributed by atoms with van der Waals surface area (Å²) >= 11 is 0. The van der Waals surface area contributed by atoms with E-state index < -0.39 is 0 Å². The van der Waals surface area contributed by atoms with Gasteiger partial charge in [-0.3, -0.25) is 14.6 Å². The lowest BCUT2D eigenvalue weighted by atomic mass is 10.2. The first-order chi connectivity index (χ1) is 9.63. The third kappa shape index (κ3) is 6.29. The van der Waals surface area contributed by atoms with Crippen LogP contribution in [0.2, 0.25) is 0 Å². The third-order valence-corrected chi connectivity index (χ3v) is 2.75. The molecule has 0 aliphatic rings. The second-order valence-electron chi connectivity index (χ2n) is 4.43. The van der Waals surface area contributed by atoms with Crippen LogP contribution >= 0.6 is 0 Å². The number of pyridine rings is 1. The van der Waals surface area contributed by atoms with E-state index in [9.17, 15) is 9.59 Å². The highest BCUT2D eigenvalue weighted by Gasteiger charge is 2.13. The zero-order chi connectivity index (χ0) is 14.8. The number of rotatable bonds is 8. The summed E-state index contributed by atoms with van der Waals surface area (Å²) in [5, 5.41) is 2.76. The van der Waals surface area contributed by atoms with Crippen LogP contribution in [0.3, 0.4) is 0 Å². The van der Waals surface area contributed by atoms with Crippen molar-refractivity contribution >= 4 is 11.8 Å². The molecule has 0 fully saturated rings. The summed E-state index contributed by atoms with van der Waals surface area (Å²) in [6, 6.07) is 3.65. The molecule has 20 heavy (non-hydrogen) atoms. The fraction of sp³-hybridized carbons (Fsp3) is 0.500. The number of nitrogens with zero attached hydrogens (tertiary/aromatic N) is 2. The summed E-state index contributed by atoms with van der Waals surface area (Å²) in [5.74, 6) is -0.292. The minimum atomic E-state index is -0.162. The van der Waals surface area contributed by atoms with Crippen LogP contribution in [0.1, 0.15) is 18.9 Å². The highest BCUT2D eigenvalue weighted by atomic mass is 16.5. The summed E-state index contributed by atoms with van der Waals surface area (Å²) in [7, 11) is 1.62. The fourth-order valence-electron chi connectivity index (χ4n) is 1.66. The van der Waals surface area contributed by atoms with Crippen LogP contribution in [0.5, 0.6) is 0 Å². The third-order valence-electron chi connectivity index (χ3n) is 2.75. The monoisotopic (exact) mass is 279 g/mol. The lowest BCUT2D eigenvalue weighted by Crippen LogP contribution is -2.39. The molecule has 110 valence electrons. The van der Waals surface area contributed by atoms with Crippen LogP contribution in [-0.2, 0) is 20.9 Å². The molecule has 0 saturated carbocycles. The quantitative estimate of drug-likeness (QED) is 0.707. The summed E-state index contributed by atoms with van der Waals surface area (Å²) in [5.41, 5.74) is 0.947. The molecule has 0 atom stereocenters. The van der Waals surface area contributed by atoms with Gasteiger partial charge in [0.25, 0.3) is 0 Å². The Labute approximate surface area is 119 Å². The van der Waals surface area contributed by atoms with Crippen LogP contribution in [0.15, 0.2) is 24.5 Å². The molecule has 0 aromatic carbocycles. The fourth-order valence-corrected chi connectivity index (χ4v) is 1.66. The average molecular weight is 279 g/mol. The number of hydrogen-bond acceptors (Lipinski definition) is 4. The predicted octanol–water partition coefficient (Wildman–Crippen LogP) is 0.583. The van der Waals surface area contributed by atoms with E-state index in [0.29, 0.717) is 19.7 Å². The van der Waals surface area contributed by atoms with Gasteiger partial charge in [-0.05, 0) is 24.1 Å². The van der Waals surface area contributed by atoms with Crippen LogP contribution < -0.4 is 5.32 Å². The SMILES string of the molecule is COCCCNC(=O)CN(Cc1ccncc1)C(C)=O. The molecule has 0 radical (unpaired) electrons. The van der Waals surface area contributed by atoms with Gasteiger partial charge >= 0.3 is 0 Å². The zero-order valence-corrected chi connectivity index (χ0v) is 12.0. The first-order valence-electron chi connectivity index (χ1n) is 6.53. The molecule has 0 bridgehead atoms. The Bertz CT molecular complexity index is 423. The highest BCUT2D eigenvalue weighted by molar-refractivity contribution is 5.83. The van der Waals surface area contributed by atoms with Crippen LogP contribution in [-0.4, -0.2) is 48.5 Å². The van der Waals surface area contributed by atoms with E-state index in [4.69, 9.17) is 4.74 Å².